The summed E-state index contributed by atoms with van der Waals surface area (Å²) in [7, 11) is 1.48. The van der Waals surface area contributed by atoms with Crippen LogP contribution in [0.15, 0.2) is 24.3 Å². The highest BCUT2D eigenvalue weighted by molar-refractivity contribution is 5.92. The molecular weight excluding hydrogens is 204 g/mol. The van der Waals surface area contributed by atoms with Crippen LogP contribution in [0.4, 0.5) is 11.4 Å². The third-order valence-electron chi connectivity index (χ3n) is 1.82. The van der Waals surface area contributed by atoms with Crippen LogP contribution in [0.25, 0.3) is 0 Å². The van der Waals surface area contributed by atoms with Crippen molar-refractivity contribution >= 4 is 17.3 Å². The molecule has 0 aliphatic rings. The maximum atomic E-state index is 11.2. The van der Waals surface area contributed by atoms with Crippen LogP contribution in [0.1, 0.15) is 0 Å². The van der Waals surface area contributed by atoms with Gasteiger partial charge in [0, 0.05) is 18.5 Å². The number of amides is 1. The third-order valence-corrected chi connectivity index (χ3v) is 1.82. The lowest BCUT2D eigenvalue weighted by molar-refractivity contribution is -0.119. The van der Waals surface area contributed by atoms with Crippen LogP contribution in [0, 0.1) is 12.3 Å². The smallest absolute Gasteiger partial charge is 0.250 e. The van der Waals surface area contributed by atoms with Crippen molar-refractivity contribution < 1.29 is 9.53 Å². The first kappa shape index (κ1) is 12.1. The van der Waals surface area contributed by atoms with E-state index >= 15 is 0 Å². The van der Waals surface area contributed by atoms with E-state index in [4.69, 9.17) is 11.2 Å². The highest BCUT2D eigenvalue weighted by atomic mass is 16.5. The van der Waals surface area contributed by atoms with E-state index < -0.39 is 0 Å². The summed E-state index contributed by atoms with van der Waals surface area (Å²) in [5.41, 5.74) is 1.58. The van der Waals surface area contributed by atoms with Crippen molar-refractivity contribution in [1.82, 2.24) is 0 Å². The summed E-state index contributed by atoms with van der Waals surface area (Å²) in [4.78, 5) is 11.2. The fourth-order valence-electron chi connectivity index (χ4n) is 1.19. The van der Waals surface area contributed by atoms with Crippen molar-refractivity contribution in [2.24, 2.45) is 0 Å². The van der Waals surface area contributed by atoms with Gasteiger partial charge < -0.3 is 15.4 Å². The quantitative estimate of drug-likeness (QED) is 0.733. The SMILES string of the molecule is C#CCNc1cccc(NC(=O)COC)c1. The molecule has 2 N–H and O–H groups in total. The molecule has 0 spiro atoms. The van der Waals surface area contributed by atoms with Gasteiger partial charge in [-0.25, -0.2) is 0 Å². The van der Waals surface area contributed by atoms with E-state index in [1.165, 1.54) is 7.11 Å². The van der Waals surface area contributed by atoms with Crippen molar-refractivity contribution in [2.45, 2.75) is 0 Å². The maximum Gasteiger partial charge on any atom is 0.250 e. The molecule has 1 aromatic rings. The minimum atomic E-state index is -0.184. The largest absolute Gasteiger partial charge is 0.375 e. The van der Waals surface area contributed by atoms with E-state index in [9.17, 15) is 4.79 Å². The van der Waals surface area contributed by atoms with Gasteiger partial charge in [0.05, 0.1) is 6.54 Å². The Morgan fingerprint density at radius 2 is 2.25 bits per heavy atom. The number of anilines is 2. The molecule has 84 valence electrons. The zero-order chi connectivity index (χ0) is 11.8. The fraction of sp³-hybridized carbons (Fsp3) is 0.250. The first-order chi connectivity index (χ1) is 7.76. The van der Waals surface area contributed by atoms with Gasteiger partial charge in [-0.15, -0.1) is 6.42 Å². The Kier molecular flexibility index (Phi) is 4.90. The number of carbonyl (C=O) groups is 1. The number of terminal acetylenes is 1. The molecule has 0 saturated heterocycles. The maximum absolute atomic E-state index is 11.2. The second kappa shape index (κ2) is 6.49. The van der Waals surface area contributed by atoms with Crippen LogP contribution >= 0.6 is 0 Å². The minimum absolute atomic E-state index is 0.0437. The summed E-state index contributed by atoms with van der Waals surface area (Å²) >= 11 is 0. The van der Waals surface area contributed by atoms with Crippen molar-refractivity contribution in [1.29, 1.82) is 0 Å². The number of ether oxygens (including phenoxy) is 1. The molecule has 1 amide bonds. The molecular formula is C12H14N2O2. The molecule has 4 nitrogen and oxygen atoms in total. The van der Waals surface area contributed by atoms with Gasteiger partial charge in [-0.1, -0.05) is 12.0 Å². The van der Waals surface area contributed by atoms with E-state index in [-0.39, 0.29) is 12.5 Å². The lowest BCUT2D eigenvalue weighted by Crippen LogP contribution is -2.17. The summed E-state index contributed by atoms with van der Waals surface area (Å²) in [6.45, 7) is 0.498. The minimum Gasteiger partial charge on any atom is -0.375 e. The summed E-state index contributed by atoms with van der Waals surface area (Å²) in [6, 6.07) is 7.32. The van der Waals surface area contributed by atoms with Gasteiger partial charge in [0.15, 0.2) is 0 Å². The second-order valence-electron chi connectivity index (χ2n) is 3.12. The Morgan fingerprint density at radius 1 is 1.50 bits per heavy atom. The number of nitrogens with one attached hydrogen (secondary N) is 2. The number of hydrogen-bond acceptors (Lipinski definition) is 3. The molecule has 0 saturated carbocycles. The van der Waals surface area contributed by atoms with Gasteiger partial charge in [-0.2, -0.15) is 0 Å². The topological polar surface area (TPSA) is 50.4 Å². The van der Waals surface area contributed by atoms with Gasteiger partial charge in [-0.05, 0) is 18.2 Å². The van der Waals surface area contributed by atoms with E-state index in [2.05, 4.69) is 16.6 Å². The molecule has 4 heteroatoms. The molecule has 0 aliphatic heterocycles. The number of benzene rings is 1. The van der Waals surface area contributed by atoms with E-state index in [0.29, 0.717) is 12.2 Å². The lowest BCUT2D eigenvalue weighted by atomic mass is 10.2. The molecule has 0 fully saturated rings. The zero-order valence-electron chi connectivity index (χ0n) is 9.12. The average Bonchev–Trinajstić information content (AvgIpc) is 2.27. The van der Waals surface area contributed by atoms with Crippen LogP contribution in [0.3, 0.4) is 0 Å². The van der Waals surface area contributed by atoms with Crippen LogP contribution in [-0.4, -0.2) is 26.2 Å². The predicted molar refractivity (Wildman–Crippen MR) is 64.3 cm³/mol. The van der Waals surface area contributed by atoms with Crippen molar-refractivity contribution in [3.05, 3.63) is 24.3 Å². The fourth-order valence-corrected chi connectivity index (χ4v) is 1.19. The van der Waals surface area contributed by atoms with Crippen LogP contribution < -0.4 is 10.6 Å². The normalized spacial score (nSPS) is 9.25. The molecule has 0 unspecified atom stereocenters. The molecule has 0 bridgehead atoms. The number of hydrogen-bond donors (Lipinski definition) is 2. The van der Waals surface area contributed by atoms with Gasteiger partial charge in [0.2, 0.25) is 5.91 Å². The number of methoxy groups -OCH3 is 1. The molecule has 0 atom stereocenters. The van der Waals surface area contributed by atoms with Crippen LogP contribution in [-0.2, 0) is 9.53 Å². The Morgan fingerprint density at radius 3 is 2.94 bits per heavy atom. The van der Waals surface area contributed by atoms with Crippen molar-refractivity contribution in [3.63, 3.8) is 0 Å². The van der Waals surface area contributed by atoms with Crippen LogP contribution in [0.2, 0.25) is 0 Å². The number of rotatable bonds is 5. The van der Waals surface area contributed by atoms with E-state index in [0.717, 1.165) is 5.69 Å². The molecule has 0 aromatic heterocycles. The predicted octanol–water partition coefficient (Wildman–Crippen LogP) is 1.32. The highest BCUT2D eigenvalue weighted by Crippen LogP contribution is 2.14. The van der Waals surface area contributed by atoms with E-state index in [1.807, 2.05) is 18.2 Å². The first-order valence-corrected chi connectivity index (χ1v) is 4.82. The Balaban J connectivity index is 2.60. The lowest BCUT2D eigenvalue weighted by Gasteiger charge is -2.07. The Bertz CT molecular complexity index is 396. The summed E-state index contributed by atoms with van der Waals surface area (Å²) in [5.74, 6) is 2.29. The monoisotopic (exact) mass is 218 g/mol. The molecule has 1 rings (SSSR count). The zero-order valence-corrected chi connectivity index (χ0v) is 9.12. The summed E-state index contributed by atoms with van der Waals surface area (Å²) in [6.07, 6.45) is 5.14. The Hall–Kier alpha value is -1.99. The number of carbonyl (C=O) groups excluding carboxylic acids is 1. The van der Waals surface area contributed by atoms with E-state index in [1.54, 1.807) is 6.07 Å². The van der Waals surface area contributed by atoms with Crippen molar-refractivity contribution in [3.8, 4) is 12.3 Å². The van der Waals surface area contributed by atoms with Crippen LogP contribution in [0.5, 0.6) is 0 Å². The Labute approximate surface area is 95.0 Å². The van der Waals surface area contributed by atoms with Crippen molar-refractivity contribution in [2.75, 3.05) is 30.9 Å². The average molecular weight is 218 g/mol. The highest BCUT2D eigenvalue weighted by Gasteiger charge is 2.01. The van der Waals surface area contributed by atoms with Gasteiger partial charge in [0.1, 0.15) is 6.61 Å². The standard InChI is InChI=1S/C12H14N2O2/c1-3-7-13-10-5-4-6-11(8-10)14-12(15)9-16-2/h1,4-6,8,13H,7,9H2,2H3,(H,14,15). The third kappa shape index (κ3) is 4.03. The first-order valence-electron chi connectivity index (χ1n) is 4.82. The van der Waals surface area contributed by atoms with Gasteiger partial charge in [0.25, 0.3) is 0 Å². The summed E-state index contributed by atoms with van der Waals surface area (Å²) < 4.78 is 4.72. The molecule has 0 aliphatic carbocycles. The summed E-state index contributed by atoms with van der Waals surface area (Å²) in [5, 5.41) is 5.73. The molecule has 0 radical (unpaired) electrons. The molecule has 16 heavy (non-hydrogen) atoms. The molecule has 0 heterocycles. The second-order valence-corrected chi connectivity index (χ2v) is 3.12. The molecule has 1 aromatic carbocycles. The van der Waals surface area contributed by atoms with Gasteiger partial charge in [-0.3, -0.25) is 4.79 Å². The van der Waals surface area contributed by atoms with Gasteiger partial charge >= 0.3 is 0 Å².